The molecule has 1 aromatic carbocycles. The van der Waals surface area contributed by atoms with Crippen LogP contribution in [0.4, 0.5) is 0 Å². The predicted molar refractivity (Wildman–Crippen MR) is 80.7 cm³/mol. The number of methoxy groups -OCH3 is 2. The van der Waals surface area contributed by atoms with Crippen molar-refractivity contribution < 1.29 is 9.47 Å². The van der Waals surface area contributed by atoms with Crippen LogP contribution in [0, 0.1) is 5.92 Å². The summed E-state index contributed by atoms with van der Waals surface area (Å²) < 4.78 is 11.7. The third-order valence-electron chi connectivity index (χ3n) is 4.34. The minimum absolute atomic E-state index is 0.307. The molecule has 1 aliphatic carbocycles. The molecule has 0 saturated heterocycles. The first kappa shape index (κ1) is 14.7. The lowest BCUT2D eigenvalue weighted by Crippen LogP contribution is -2.45. The van der Waals surface area contributed by atoms with Gasteiger partial charge in [0.05, 0.1) is 14.2 Å². The summed E-state index contributed by atoms with van der Waals surface area (Å²) in [5.41, 5.74) is 7.49. The van der Waals surface area contributed by atoms with Crippen molar-refractivity contribution in [1.29, 1.82) is 0 Å². The average molecular weight is 328 g/mol. The fourth-order valence-corrected chi connectivity index (χ4v) is 3.70. The van der Waals surface area contributed by atoms with Crippen molar-refractivity contribution in [1.82, 2.24) is 0 Å². The lowest BCUT2D eigenvalue weighted by atomic mass is 9.70. The number of halogens is 1. The standard InChI is InChI=1S/C15H22BrNO2/c1-10-6-4-5-9-15(10,17)11-7-8-12(18-2)13(16)14(11)19-3/h7-8,10H,4-6,9,17H2,1-3H3. The Bertz CT molecular complexity index is 464. The van der Waals surface area contributed by atoms with E-state index in [1.165, 1.54) is 19.3 Å². The van der Waals surface area contributed by atoms with Crippen LogP contribution < -0.4 is 15.2 Å². The minimum atomic E-state index is -0.307. The van der Waals surface area contributed by atoms with Gasteiger partial charge < -0.3 is 15.2 Å². The molecule has 0 bridgehead atoms. The van der Waals surface area contributed by atoms with Crippen LogP contribution in [-0.4, -0.2) is 14.2 Å². The zero-order valence-corrected chi connectivity index (χ0v) is 13.4. The molecular weight excluding hydrogens is 306 g/mol. The van der Waals surface area contributed by atoms with Crippen LogP contribution in [-0.2, 0) is 5.54 Å². The summed E-state index contributed by atoms with van der Waals surface area (Å²) in [6.45, 7) is 2.23. The Labute approximate surface area is 123 Å². The molecule has 0 amide bonds. The Kier molecular flexibility index (Phi) is 4.41. The van der Waals surface area contributed by atoms with Gasteiger partial charge in [-0.15, -0.1) is 0 Å². The van der Waals surface area contributed by atoms with Crippen LogP contribution in [0.3, 0.4) is 0 Å². The highest BCUT2D eigenvalue weighted by molar-refractivity contribution is 9.10. The highest BCUT2D eigenvalue weighted by Gasteiger charge is 2.38. The molecule has 0 heterocycles. The molecule has 0 aromatic heterocycles. The number of rotatable bonds is 3. The minimum Gasteiger partial charge on any atom is -0.495 e. The molecule has 0 spiro atoms. The molecule has 2 unspecified atom stereocenters. The maximum absolute atomic E-state index is 6.72. The van der Waals surface area contributed by atoms with Crippen LogP contribution in [0.2, 0.25) is 0 Å². The van der Waals surface area contributed by atoms with E-state index in [0.717, 1.165) is 28.0 Å². The monoisotopic (exact) mass is 327 g/mol. The second-order valence-electron chi connectivity index (χ2n) is 5.35. The van der Waals surface area contributed by atoms with Gasteiger partial charge in [-0.1, -0.05) is 19.8 Å². The van der Waals surface area contributed by atoms with E-state index in [0.29, 0.717) is 5.92 Å². The number of ether oxygens (including phenoxy) is 2. The van der Waals surface area contributed by atoms with Gasteiger partial charge in [0.2, 0.25) is 0 Å². The Hall–Kier alpha value is -0.740. The van der Waals surface area contributed by atoms with Gasteiger partial charge in [0.25, 0.3) is 0 Å². The maximum Gasteiger partial charge on any atom is 0.141 e. The molecule has 4 heteroatoms. The summed E-state index contributed by atoms with van der Waals surface area (Å²) in [5.74, 6) is 2.03. The van der Waals surface area contributed by atoms with Gasteiger partial charge in [-0.25, -0.2) is 0 Å². The molecule has 0 aliphatic heterocycles. The van der Waals surface area contributed by atoms with Gasteiger partial charge in [0, 0.05) is 11.1 Å². The first-order chi connectivity index (χ1) is 9.04. The molecule has 1 fully saturated rings. The number of hydrogen-bond acceptors (Lipinski definition) is 3. The molecule has 0 radical (unpaired) electrons. The molecule has 1 aromatic rings. The van der Waals surface area contributed by atoms with Crippen LogP contribution in [0.15, 0.2) is 16.6 Å². The normalized spacial score (nSPS) is 27.1. The largest absolute Gasteiger partial charge is 0.495 e. The summed E-state index contributed by atoms with van der Waals surface area (Å²) >= 11 is 3.56. The fourth-order valence-electron chi connectivity index (χ4n) is 3.03. The summed E-state index contributed by atoms with van der Waals surface area (Å²) in [5, 5.41) is 0. The topological polar surface area (TPSA) is 44.5 Å². The van der Waals surface area contributed by atoms with E-state index in [4.69, 9.17) is 15.2 Å². The van der Waals surface area contributed by atoms with Crippen LogP contribution >= 0.6 is 15.9 Å². The summed E-state index contributed by atoms with van der Waals surface area (Å²) in [7, 11) is 3.33. The van der Waals surface area contributed by atoms with Crippen molar-refractivity contribution in [3.63, 3.8) is 0 Å². The first-order valence-electron chi connectivity index (χ1n) is 6.74. The molecule has 19 heavy (non-hydrogen) atoms. The third-order valence-corrected chi connectivity index (χ3v) is 5.10. The number of benzene rings is 1. The lowest BCUT2D eigenvalue weighted by molar-refractivity contribution is 0.200. The quantitative estimate of drug-likeness (QED) is 0.917. The fraction of sp³-hybridized carbons (Fsp3) is 0.600. The zero-order chi connectivity index (χ0) is 14.0. The average Bonchev–Trinajstić information content (AvgIpc) is 2.41. The summed E-state index contributed by atoms with van der Waals surface area (Å²) in [6, 6.07) is 4.00. The van der Waals surface area contributed by atoms with Gasteiger partial charge in [-0.3, -0.25) is 0 Å². The predicted octanol–water partition coefficient (Wildman–Crippen LogP) is 3.83. The highest BCUT2D eigenvalue weighted by Crippen LogP contribution is 2.47. The third kappa shape index (κ3) is 2.48. The smallest absolute Gasteiger partial charge is 0.141 e. The zero-order valence-electron chi connectivity index (χ0n) is 11.8. The Morgan fingerprint density at radius 1 is 1.26 bits per heavy atom. The van der Waals surface area contributed by atoms with Crippen molar-refractivity contribution in [2.24, 2.45) is 11.7 Å². The molecular formula is C15H22BrNO2. The Balaban J connectivity index is 2.52. The molecule has 2 N–H and O–H groups in total. The van der Waals surface area contributed by atoms with Crippen LogP contribution in [0.25, 0.3) is 0 Å². The number of hydrogen-bond donors (Lipinski definition) is 1. The Morgan fingerprint density at radius 3 is 2.58 bits per heavy atom. The Morgan fingerprint density at radius 2 is 2.00 bits per heavy atom. The van der Waals surface area contributed by atoms with Gasteiger partial charge >= 0.3 is 0 Å². The highest BCUT2D eigenvalue weighted by atomic mass is 79.9. The number of nitrogens with two attached hydrogens (primary N) is 1. The molecule has 2 atom stereocenters. The van der Waals surface area contributed by atoms with Gasteiger partial charge in [-0.05, 0) is 46.8 Å². The molecule has 1 saturated carbocycles. The van der Waals surface area contributed by atoms with Gasteiger partial charge in [-0.2, -0.15) is 0 Å². The molecule has 2 rings (SSSR count). The van der Waals surface area contributed by atoms with Gasteiger partial charge in [0.1, 0.15) is 16.0 Å². The summed E-state index contributed by atoms with van der Waals surface area (Å²) in [4.78, 5) is 0. The van der Waals surface area contributed by atoms with Crippen LogP contribution in [0.1, 0.15) is 38.2 Å². The first-order valence-corrected chi connectivity index (χ1v) is 7.53. The lowest BCUT2D eigenvalue weighted by Gasteiger charge is -2.40. The van der Waals surface area contributed by atoms with Crippen molar-refractivity contribution in [3.8, 4) is 11.5 Å². The van der Waals surface area contributed by atoms with Crippen molar-refractivity contribution in [3.05, 3.63) is 22.2 Å². The van der Waals surface area contributed by atoms with Crippen molar-refractivity contribution >= 4 is 15.9 Å². The second-order valence-corrected chi connectivity index (χ2v) is 6.14. The van der Waals surface area contributed by atoms with E-state index >= 15 is 0 Å². The van der Waals surface area contributed by atoms with E-state index in [2.05, 4.69) is 22.9 Å². The van der Waals surface area contributed by atoms with Gasteiger partial charge in [0.15, 0.2) is 0 Å². The van der Waals surface area contributed by atoms with E-state index in [1.807, 2.05) is 12.1 Å². The van der Waals surface area contributed by atoms with Crippen molar-refractivity contribution in [2.45, 2.75) is 38.1 Å². The molecule has 106 valence electrons. The molecule has 1 aliphatic rings. The van der Waals surface area contributed by atoms with Crippen molar-refractivity contribution in [2.75, 3.05) is 14.2 Å². The maximum atomic E-state index is 6.72. The van der Waals surface area contributed by atoms with E-state index in [-0.39, 0.29) is 5.54 Å². The van der Waals surface area contributed by atoms with E-state index in [9.17, 15) is 0 Å². The van der Waals surface area contributed by atoms with Crippen LogP contribution in [0.5, 0.6) is 11.5 Å². The SMILES string of the molecule is COc1ccc(C2(N)CCCCC2C)c(OC)c1Br. The summed E-state index contributed by atoms with van der Waals surface area (Å²) in [6.07, 6.45) is 4.61. The molecule has 3 nitrogen and oxygen atoms in total. The second kappa shape index (κ2) is 5.71. The van der Waals surface area contributed by atoms with E-state index in [1.54, 1.807) is 14.2 Å². The van der Waals surface area contributed by atoms with E-state index < -0.39 is 0 Å².